The van der Waals surface area contributed by atoms with Gasteiger partial charge in [0.15, 0.2) is 0 Å². The molecule has 1 amide bonds. The minimum Gasteiger partial charge on any atom is -0.393 e. The smallest absolute Gasteiger partial charge is 0.292 e. The molecule has 2 aromatic carbocycles. The number of benzene rings is 2. The molecule has 0 aliphatic carbocycles. The fourth-order valence-electron chi connectivity index (χ4n) is 1.80. The molecule has 6 heteroatoms. The van der Waals surface area contributed by atoms with Crippen LogP contribution in [0.5, 0.6) is 0 Å². The molecule has 2 aromatic rings. The monoisotopic (exact) mass is 271 g/mol. The zero-order valence-electron chi connectivity index (χ0n) is 10.8. The van der Waals surface area contributed by atoms with Crippen LogP contribution in [0.1, 0.15) is 10.4 Å². The summed E-state index contributed by atoms with van der Waals surface area (Å²) in [5, 5.41) is 10.8. The van der Waals surface area contributed by atoms with E-state index in [0.29, 0.717) is 5.69 Å². The molecule has 0 bridgehead atoms. The minimum atomic E-state index is -0.603. The number of nitrogens with two attached hydrogens (primary N) is 1. The van der Waals surface area contributed by atoms with Gasteiger partial charge in [0.25, 0.3) is 11.6 Å². The predicted molar refractivity (Wildman–Crippen MR) is 76.7 cm³/mol. The summed E-state index contributed by atoms with van der Waals surface area (Å²) < 4.78 is 0. The summed E-state index contributed by atoms with van der Waals surface area (Å²) >= 11 is 0. The van der Waals surface area contributed by atoms with Crippen molar-refractivity contribution in [2.24, 2.45) is 0 Å². The van der Waals surface area contributed by atoms with E-state index in [2.05, 4.69) is 0 Å². The second-order valence-electron chi connectivity index (χ2n) is 4.23. The van der Waals surface area contributed by atoms with Crippen LogP contribution in [0.25, 0.3) is 0 Å². The molecule has 2 N–H and O–H groups in total. The van der Waals surface area contributed by atoms with E-state index in [9.17, 15) is 14.9 Å². The van der Waals surface area contributed by atoms with E-state index in [1.165, 1.54) is 23.1 Å². The van der Waals surface area contributed by atoms with Crippen LogP contribution < -0.4 is 10.6 Å². The molecule has 0 radical (unpaired) electrons. The Morgan fingerprint density at radius 3 is 2.45 bits per heavy atom. The van der Waals surface area contributed by atoms with Crippen molar-refractivity contribution in [2.75, 3.05) is 17.7 Å². The van der Waals surface area contributed by atoms with Crippen molar-refractivity contribution in [2.45, 2.75) is 0 Å². The predicted octanol–water partition coefficient (Wildman–Crippen LogP) is 2.45. The second kappa shape index (κ2) is 5.40. The van der Waals surface area contributed by atoms with Crippen LogP contribution in [0.4, 0.5) is 17.1 Å². The van der Waals surface area contributed by atoms with Gasteiger partial charge in [-0.15, -0.1) is 0 Å². The lowest BCUT2D eigenvalue weighted by atomic mass is 10.1. The van der Waals surface area contributed by atoms with Crippen molar-refractivity contribution < 1.29 is 9.72 Å². The second-order valence-corrected chi connectivity index (χ2v) is 4.23. The standard InChI is InChI=1S/C14H13N3O3/c1-16(11-5-3-2-4-6-11)14(18)10-7-8-12(15)13(9-10)17(19)20/h2-9H,15H2,1H3. The van der Waals surface area contributed by atoms with Crippen molar-refractivity contribution in [3.05, 3.63) is 64.2 Å². The van der Waals surface area contributed by atoms with Gasteiger partial charge < -0.3 is 10.6 Å². The van der Waals surface area contributed by atoms with E-state index in [1.807, 2.05) is 18.2 Å². The van der Waals surface area contributed by atoms with E-state index in [1.54, 1.807) is 19.2 Å². The van der Waals surface area contributed by atoms with E-state index in [0.717, 1.165) is 0 Å². The zero-order chi connectivity index (χ0) is 14.7. The van der Waals surface area contributed by atoms with E-state index in [-0.39, 0.29) is 22.8 Å². The molecule has 0 fully saturated rings. The number of carbonyl (C=O) groups is 1. The summed E-state index contributed by atoms with van der Waals surface area (Å²) in [6, 6.07) is 13.1. The van der Waals surface area contributed by atoms with Crippen LogP contribution in [-0.4, -0.2) is 17.9 Å². The molecule has 0 saturated heterocycles. The van der Waals surface area contributed by atoms with Gasteiger partial charge in [0, 0.05) is 24.4 Å². The third-order valence-corrected chi connectivity index (χ3v) is 2.92. The molecule has 0 atom stereocenters. The summed E-state index contributed by atoms with van der Waals surface area (Å²) in [5.41, 5.74) is 6.21. The van der Waals surface area contributed by atoms with Crippen molar-refractivity contribution in [1.82, 2.24) is 0 Å². The van der Waals surface area contributed by atoms with E-state index in [4.69, 9.17) is 5.73 Å². The van der Waals surface area contributed by atoms with E-state index >= 15 is 0 Å². The number of hydrogen-bond acceptors (Lipinski definition) is 4. The lowest BCUT2D eigenvalue weighted by Crippen LogP contribution is -2.26. The zero-order valence-corrected chi connectivity index (χ0v) is 10.8. The molecule has 0 heterocycles. The summed E-state index contributed by atoms with van der Waals surface area (Å²) in [6.45, 7) is 0. The van der Waals surface area contributed by atoms with Crippen LogP contribution in [0, 0.1) is 10.1 Å². The van der Waals surface area contributed by atoms with Crippen molar-refractivity contribution in [3.63, 3.8) is 0 Å². The number of nitro benzene ring substituents is 1. The van der Waals surface area contributed by atoms with Crippen molar-refractivity contribution in [3.8, 4) is 0 Å². The van der Waals surface area contributed by atoms with Crippen LogP contribution >= 0.6 is 0 Å². The third kappa shape index (κ3) is 2.59. The molecule has 0 saturated carbocycles. The van der Waals surface area contributed by atoms with Crippen LogP contribution in [0.2, 0.25) is 0 Å². The first-order chi connectivity index (χ1) is 9.50. The Labute approximate surface area is 115 Å². The Morgan fingerprint density at radius 1 is 1.20 bits per heavy atom. The number of nitro groups is 1. The molecule has 2 rings (SSSR count). The highest BCUT2D eigenvalue weighted by atomic mass is 16.6. The minimum absolute atomic E-state index is 0.0360. The van der Waals surface area contributed by atoms with Gasteiger partial charge in [0.1, 0.15) is 5.69 Å². The number of nitrogens with zero attached hydrogens (tertiary/aromatic N) is 2. The Balaban J connectivity index is 2.34. The maximum absolute atomic E-state index is 12.3. The van der Waals surface area contributed by atoms with Crippen molar-refractivity contribution >= 4 is 23.0 Å². The fraction of sp³-hybridized carbons (Fsp3) is 0.0714. The van der Waals surface area contributed by atoms with Gasteiger partial charge in [-0.2, -0.15) is 0 Å². The summed E-state index contributed by atoms with van der Waals surface area (Å²) in [5.74, 6) is -0.334. The highest BCUT2D eigenvalue weighted by molar-refractivity contribution is 6.06. The first kappa shape index (κ1) is 13.5. The fourth-order valence-corrected chi connectivity index (χ4v) is 1.80. The van der Waals surface area contributed by atoms with Gasteiger partial charge in [-0.1, -0.05) is 18.2 Å². The maximum Gasteiger partial charge on any atom is 0.292 e. The SMILES string of the molecule is CN(C(=O)c1ccc(N)c([N+](=O)[O-])c1)c1ccccc1. The van der Waals surface area contributed by atoms with Crippen LogP contribution in [0.15, 0.2) is 48.5 Å². The average molecular weight is 271 g/mol. The van der Waals surface area contributed by atoms with Crippen LogP contribution in [0.3, 0.4) is 0 Å². The molecule has 20 heavy (non-hydrogen) atoms. The molecule has 0 spiro atoms. The Morgan fingerprint density at radius 2 is 1.85 bits per heavy atom. The van der Waals surface area contributed by atoms with Gasteiger partial charge in [0.2, 0.25) is 0 Å². The molecule has 0 aliphatic heterocycles. The van der Waals surface area contributed by atoms with Gasteiger partial charge in [0.05, 0.1) is 4.92 Å². The summed E-state index contributed by atoms with van der Waals surface area (Å²) in [6.07, 6.45) is 0. The Kier molecular flexibility index (Phi) is 3.65. The molecular formula is C14H13N3O3. The van der Waals surface area contributed by atoms with Crippen LogP contribution in [-0.2, 0) is 0 Å². The number of amides is 1. The molecule has 0 aliphatic rings. The number of rotatable bonds is 3. The van der Waals surface area contributed by atoms with E-state index < -0.39 is 4.92 Å². The lowest BCUT2D eigenvalue weighted by Gasteiger charge is -2.17. The normalized spacial score (nSPS) is 10.1. The van der Waals surface area contributed by atoms with Gasteiger partial charge in [-0.3, -0.25) is 14.9 Å². The quantitative estimate of drug-likeness (QED) is 0.527. The number of anilines is 2. The lowest BCUT2D eigenvalue weighted by molar-refractivity contribution is -0.383. The first-order valence-electron chi connectivity index (χ1n) is 5.87. The van der Waals surface area contributed by atoms with Crippen molar-refractivity contribution in [1.29, 1.82) is 0 Å². The largest absolute Gasteiger partial charge is 0.393 e. The number of nitrogen functional groups attached to an aromatic ring is 1. The first-order valence-corrected chi connectivity index (χ1v) is 5.87. The summed E-state index contributed by atoms with van der Waals surface area (Å²) in [4.78, 5) is 24.0. The molecule has 0 unspecified atom stereocenters. The topological polar surface area (TPSA) is 89.5 Å². The number of para-hydroxylation sites is 1. The Hall–Kier alpha value is -2.89. The van der Waals surface area contributed by atoms with Gasteiger partial charge in [-0.25, -0.2) is 0 Å². The maximum atomic E-state index is 12.3. The number of hydrogen-bond donors (Lipinski definition) is 1. The summed E-state index contributed by atoms with van der Waals surface area (Å²) in [7, 11) is 1.61. The Bertz CT molecular complexity index is 656. The molecule has 0 aromatic heterocycles. The molecule has 6 nitrogen and oxygen atoms in total. The molecular weight excluding hydrogens is 258 g/mol. The third-order valence-electron chi connectivity index (χ3n) is 2.92. The highest BCUT2D eigenvalue weighted by Gasteiger charge is 2.18. The molecule has 102 valence electrons. The average Bonchev–Trinajstić information content (AvgIpc) is 2.47. The number of carbonyl (C=O) groups excluding carboxylic acids is 1. The highest BCUT2D eigenvalue weighted by Crippen LogP contribution is 2.24. The van der Waals surface area contributed by atoms with Gasteiger partial charge >= 0.3 is 0 Å². The van der Waals surface area contributed by atoms with Gasteiger partial charge in [-0.05, 0) is 24.3 Å².